The van der Waals surface area contributed by atoms with Crippen molar-refractivity contribution in [2.45, 2.75) is 31.7 Å². The van der Waals surface area contributed by atoms with Crippen LogP contribution >= 0.6 is 11.8 Å². The number of thioether (sulfide) groups is 1. The number of hydrogen-bond donors (Lipinski definition) is 0. The molecule has 0 saturated heterocycles. The fourth-order valence-corrected chi connectivity index (χ4v) is 2.52. The molecule has 0 aliphatic carbocycles. The molecule has 2 aromatic rings. The molecule has 0 atom stereocenters. The van der Waals surface area contributed by atoms with E-state index in [9.17, 15) is 0 Å². The quantitative estimate of drug-likeness (QED) is 0.631. The molecule has 3 nitrogen and oxygen atoms in total. The average molecular weight is 269 g/mol. The summed E-state index contributed by atoms with van der Waals surface area (Å²) in [5, 5.41) is 9.56. The van der Waals surface area contributed by atoms with Gasteiger partial charge in [0.25, 0.3) is 0 Å². The van der Waals surface area contributed by atoms with Crippen molar-refractivity contribution in [3.8, 4) is 6.07 Å². The fourth-order valence-electron chi connectivity index (χ4n) is 1.63. The second-order valence-corrected chi connectivity index (χ2v) is 5.34. The van der Waals surface area contributed by atoms with Crippen LogP contribution in [0.5, 0.6) is 0 Å². The molecule has 4 heteroatoms. The van der Waals surface area contributed by atoms with E-state index >= 15 is 0 Å². The molecule has 0 spiro atoms. The van der Waals surface area contributed by atoms with Gasteiger partial charge < -0.3 is 0 Å². The third-order valence-corrected chi connectivity index (χ3v) is 3.98. The molecule has 0 N–H and O–H groups in total. The van der Waals surface area contributed by atoms with Gasteiger partial charge in [-0.05, 0) is 44.0 Å². The van der Waals surface area contributed by atoms with Crippen LogP contribution in [-0.4, -0.2) is 9.97 Å². The molecular formula is C15H15N3S. The second-order valence-electron chi connectivity index (χ2n) is 4.40. The first-order chi connectivity index (χ1) is 9.10. The highest BCUT2D eigenvalue weighted by molar-refractivity contribution is 7.98. The molecule has 0 radical (unpaired) electrons. The van der Waals surface area contributed by atoms with E-state index in [1.165, 1.54) is 5.56 Å². The van der Waals surface area contributed by atoms with Gasteiger partial charge in [-0.1, -0.05) is 23.9 Å². The van der Waals surface area contributed by atoms with E-state index in [0.29, 0.717) is 5.56 Å². The van der Waals surface area contributed by atoms with Gasteiger partial charge in [-0.3, -0.25) is 0 Å². The Bertz CT molecular complexity index is 604. The van der Waals surface area contributed by atoms with Crippen LogP contribution in [0.4, 0.5) is 0 Å². The van der Waals surface area contributed by atoms with Crippen LogP contribution in [0.25, 0.3) is 0 Å². The van der Waals surface area contributed by atoms with Gasteiger partial charge in [-0.2, -0.15) is 5.26 Å². The van der Waals surface area contributed by atoms with Gasteiger partial charge in [0.2, 0.25) is 0 Å². The minimum absolute atomic E-state index is 0.687. The summed E-state index contributed by atoms with van der Waals surface area (Å²) >= 11 is 1.62. The Morgan fingerprint density at radius 3 is 2.16 bits per heavy atom. The van der Waals surface area contributed by atoms with Gasteiger partial charge >= 0.3 is 0 Å². The van der Waals surface area contributed by atoms with Gasteiger partial charge in [0.15, 0.2) is 5.16 Å². The summed E-state index contributed by atoms with van der Waals surface area (Å²) in [5.41, 5.74) is 5.09. The normalized spacial score (nSPS) is 10.2. The Morgan fingerprint density at radius 1 is 1.05 bits per heavy atom. The SMILES string of the molecule is Cc1nc(SCc2ccc(C#N)cc2)nc(C)c1C. The Balaban J connectivity index is 2.08. The lowest BCUT2D eigenvalue weighted by atomic mass is 10.2. The number of hydrogen-bond acceptors (Lipinski definition) is 4. The Labute approximate surface area is 117 Å². The van der Waals surface area contributed by atoms with Crippen LogP contribution < -0.4 is 0 Å². The van der Waals surface area contributed by atoms with Gasteiger partial charge in [0.05, 0.1) is 11.6 Å². The van der Waals surface area contributed by atoms with Crippen molar-refractivity contribution in [2.24, 2.45) is 0 Å². The van der Waals surface area contributed by atoms with Gasteiger partial charge in [-0.15, -0.1) is 0 Å². The van der Waals surface area contributed by atoms with Crippen LogP contribution in [0.3, 0.4) is 0 Å². The zero-order chi connectivity index (χ0) is 13.8. The Hall–Kier alpha value is -1.86. The van der Waals surface area contributed by atoms with Crippen molar-refractivity contribution in [1.29, 1.82) is 5.26 Å². The van der Waals surface area contributed by atoms with Crippen LogP contribution in [0.2, 0.25) is 0 Å². The van der Waals surface area contributed by atoms with Crippen molar-refractivity contribution in [1.82, 2.24) is 9.97 Å². The maximum atomic E-state index is 8.75. The van der Waals surface area contributed by atoms with Gasteiger partial charge in [0.1, 0.15) is 0 Å². The van der Waals surface area contributed by atoms with E-state index < -0.39 is 0 Å². The highest BCUT2D eigenvalue weighted by atomic mass is 32.2. The number of nitrogens with zero attached hydrogens (tertiary/aromatic N) is 3. The van der Waals surface area contributed by atoms with Crippen molar-refractivity contribution in [2.75, 3.05) is 0 Å². The van der Waals surface area contributed by atoms with Crippen LogP contribution in [0, 0.1) is 32.1 Å². The van der Waals surface area contributed by atoms with Crippen LogP contribution in [-0.2, 0) is 5.75 Å². The third-order valence-electron chi connectivity index (χ3n) is 3.06. The molecule has 0 unspecified atom stereocenters. The van der Waals surface area contributed by atoms with E-state index in [1.54, 1.807) is 11.8 Å². The predicted octanol–water partition coefficient (Wildman–Crippen LogP) is 3.57. The maximum absolute atomic E-state index is 8.75. The molecule has 0 aliphatic rings. The smallest absolute Gasteiger partial charge is 0.188 e. The van der Waals surface area contributed by atoms with Gasteiger partial charge in [-0.25, -0.2) is 9.97 Å². The highest BCUT2D eigenvalue weighted by Gasteiger charge is 2.05. The standard InChI is InChI=1S/C15H15N3S/c1-10-11(2)17-15(18-12(10)3)19-9-14-6-4-13(8-16)5-7-14/h4-7H,9H2,1-3H3. The molecule has 96 valence electrons. The molecule has 0 fully saturated rings. The largest absolute Gasteiger partial charge is 0.228 e. The van der Waals surface area contributed by atoms with Crippen LogP contribution in [0.15, 0.2) is 29.4 Å². The topological polar surface area (TPSA) is 49.6 Å². The van der Waals surface area contributed by atoms with E-state index in [4.69, 9.17) is 5.26 Å². The summed E-state index contributed by atoms with van der Waals surface area (Å²) in [4.78, 5) is 8.96. The number of aromatic nitrogens is 2. The van der Waals surface area contributed by atoms with Gasteiger partial charge in [0, 0.05) is 17.1 Å². The van der Waals surface area contributed by atoms with E-state index in [0.717, 1.165) is 27.9 Å². The molecule has 19 heavy (non-hydrogen) atoms. The molecule has 0 bridgehead atoms. The van der Waals surface area contributed by atoms with Crippen molar-refractivity contribution in [3.63, 3.8) is 0 Å². The van der Waals surface area contributed by atoms with Crippen molar-refractivity contribution < 1.29 is 0 Å². The Kier molecular flexibility index (Phi) is 4.18. The lowest BCUT2D eigenvalue weighted by Gasteiger charge is -2.06. The maximum Gasteiger partial charge on any atom is 0.188 e. The van der Waals surface area contributed by atoms with E-state index in [-0.39, 0.29) is 0 Å². The minimum Gasteiger partial charge on any atom is -0.228 e. The first-order valence-electron chi connectivity index (χ1n) is 6.04. The number of benzene rings is 1. The molecule has 2 rings (SSSR count). The molecule has 1 aromatic carbocycles. The summed E-state index contributed by atoms with van der Waals surface area (Å²) in [6.07, 6.45) is 0. The molecular weight excluding hydrogens is 254 g/mol. The summed E-state index contributed by atoms with van der Waals surface area (Å²) in [5.74, 6) is 0.813. The summed E-state index contributed by atoms with van der Waals surface area (Å²) < 4.78 is 0. The third kappa shape index (κ3) is 3.33. The minimum atomic E-state index is 0.687. The van der Waals surface area contributed by atoms with E-state index in [1.807, 2.05) is 45.0 Å². The average Bonchev–Trinajstić information content (AvgIpc) is 2.43. The molecule has 1 aromatic heterocycles. The number of aryl methyl sites for hydroxylation is 2. The summed E-state index contributed by atoms with van der Waals surface area (Å²) in [6.45, 7) is 6.06. The first kappa shape index (κ1) is 13.6. The lowest BCUT2D eigenvalue weighted by molar-refractivity contribution is 0.880. The van der Waals surface area contributed by atoms with E-state index in [2.05, 4.69) is 16.0 Å². The monoisotopic (exact) mass is 269 g/mol. The molecule has 0 aliphatic heterocycles. The van der Waals surface area contributed by atoms with Crippen LogP contribution in [0.1, 0.15) is 28.1 Å². The predicted molar refractivity (Wildman–Crippen MR) is 77.0 cm³/mol. The summed E-state index contributed by atoms with van der Waals surface area (Å²) in [6, 6.07) is 9.73. The molecule has 0 saturated carbocycles. The van der Waals surface area contributed by atoms with Crippen molar-refractivity contribution >= 4 is 11.8 Å². The second kappa shape index (κ2) is 5.85. The zero-order valence-electron chi connectivity index (χ0n) is 11.3. The number of nitriles is 1. The molecule has 0 amide bonds. The first-order valence-corrected chi connectivity index (χ1v) is 7.02. The summed E-state index contributed by atoms with van der Waals surface area (Å²) in [7, 11) is 0. The van der Waals surface area contributed by atoms with Crippen molar-refractivity contribution in [3.05, 3.63) is 52.3 Å². The lowest BCUT2D eigenvalue weighted by Crippen LogP contribution is -1.98. The fraction of sp³-hybridized carbons (Fsp3) is 0.267. The highest BCUT2D eigenvalue weighted by Crippen LogP contribution is 2.21. The number of rotatable bonds is 3. The Morgan fingerprint density at radius 2 is 1.63 bits per heavy atom. The molecule has 1 heterocycles. The zero-order valence-corrected chi connectivity index (χ0v) is 12.1.